The zero-order valence-corrected chi connectivity index (χ0v) is 13.9. The average molecular weight is 336 g/mol. The Morgan fingerprint density at radius 2 is 2.16 bits per heavy atom. The maximum absolute atomic E-state index is 12.6. The standard InChI is InChI=1S/C18H20N6O/c19-13-23(18(25)14-6-7-20-11-14)17-10-16-12-22(8-9-24(16)21-17)15-4-2-1-3-5-15/h1-5,10,14,20H,6-9,11-12H2/t14-/m0/s1. The molecule has 0 saturated carbocycles. The first-order valence-corrected chi connectivity index (χ1v) is 8.57. The topological polar surface area (TPSA) is 77.2 Å². The third-order valence-corrected chi connectivity index (χ3v) is 4.87. The van der Waals surface area contributed by atoms with Crippen molar-refractivity contribution in [3.05, 3.63) is 42.1 Å². The summed E-state index contributed by atoms with van der Waals surface area (Å²) >= 11 is 0. The Labute approximate surface area is 146 Å². The lowest BCUT2D eigenvalue weighted by atomic mass is 10.1. The molecule has 0 radical (unpaired) electrons. The summed E-state index contributed by atoms with van der Waals surface area (Å²) in [4.78, 5) is 16.0. The van der Waals surface area contributed by atoms with E-state index in [2.05, 4.69) is 27.4 Å². The lowest BCUT2D eigenvalue weighted by Crippen LogP contribution is -2.34. The number of hydrogen-bond donors (Lipinski definition) is 1. The number of nitrogens with one attached hydrogen (secondary N) is 1. The van der Waals surface area contributed by atoms with E-state index >= 15 is 0 Å². The number of benzene rings is 1. The van der Waals surface area contributed by atoms with Crippen LogP contribution in [0, 0.1) is 17.4 Å². The number of aromatic nitrogens is 2. The number of nitrogens with zero attached hydrogens (tertiary/aromatic N) is 5. The number of rotatable bonds is 3. The first-order valence-electron chi connectivity index (χ1n) is 8.57. The Balaban J connectivity index is 1.55. The zero-order chi connectivity index (χ0) is 17.2. The molecule has 1 fully saturated rings. The van der Waals surface area contributed by atoms with Crippen LogP contribution in [0.25, 0.3) is 0 Å². The van der Waals surface area contributed by atoms with E-state index in [1.165, 1.54) is 5.69 Å². The Hall–Kier alpha value is -2.85. The monoisotopic (exact) mass is 336 g/mol. The minimum Gasteiger partial charge on any atom is -0.364 e. The smallest absolute Gasteiger partial charge is 0.246 e. The van der Waals surface area contributed by atoms with E-state index in [1.54, 1.807) is 0 Å². The largest absolute Gasteiger partial charge is 0.364 e. The molecule has 1 N–H and O–H groups in total. The first-order chi connectivity index (χ1) is 12.3. The van der Waals surface area contributed by atoms with E-state index in [-0.39, 0.29) is 11.8 Å². The lowest BCUT2D eigenvalue weighted by molar-refractivity contribution is -0.121. The minimum atomic E-state index is -0.164. The molecule has 2 aliphatic heterocycles. The van der Waals surface area contributed by atoms with Gasteiger partial charge in [0.2, 0.25) is 5.91 Å². The third kappa shape index (κ3) is 2.96. The normalized spacial score (nSPS) is 19.3. The average Bonchev–Trinajstić information content (AvgIpc) is 3.32. The molecule has 3 heterocycles. The fourth-order valence-electron chi connectivity index (χ4n) is 3.48. The van der Waals surface area contributed by atoms with Crippen LogP contribution in [0.2, 0.25) is 0 Å². The molecule has 1 amide bonds. The highest BCUT2D eigenvalue weighted by Crippen LogP contribution is 2.25. The van der Waals surface area contributed by atoms with Crippen molar-refractivity contribution in [1.82, 2.24) is 15.1 Å². The predicted molar refractivity (Wildman–Crippen MR) is 93.8 cm³/mol. The van der Waals surface area contributed by atoms with Gasteiger partial charge in [0.25, 0.3) is 0 Å². The molecule has 2 aliphatic rings. The summed E-state index contributed by atoms with van der Waals surface area (Å²) in [6.07, 6.45) is 2.78. The second kappa shape index (κ2) is 6.57. The molecule has 1 saturated heterocycles. The highest BCUT2D eigenvalue weighted by Gasteiger charge is 2.30. The van der Waals surface area contributed by atoms with Gasteiger partial charge in [-0.25, -0.2) is 0 Å². The van der Waals surface area contributed by atoms with Crippen molar-refractivity contribution in [2.75, 3.05) is 29.4 Å². The van der Waals surface area contributed by atoms with Gasteiger partial charge in [-0.1, -0.05) is 18.2 Å². The van der Waals surface area contributed by atoms with E-state index in [9.17, 15) is 10.1 Å². The van der Waals surface area contributed by atoms with Gasteiger partial charge < -0.3 is 10.2 Å². The minimum absolute atomic E-state index is 0.140. The molecule has 1 aromatic heterocycles. The summed E-state index contributed by atoms with van der Waals surface area (Å²) in [7, 11) is 0. The number of fused-ring (bicyclic) bond motifs is 1. The van der Waals surface area contributed by atoms with Crippen molar-refractivity contribution in [2.24, 2.45) is 5.92 Å². The number of nitriles is 1. The van der Waals surface area contributed by atoms with Crippen molar-refractivity contribution in [1.29, 1.82) is 5.26 Å². The van der Waals surface area contributed by atoms with E-state index in [4.69, 9.17) is 0 Å². The summed E-state index contributed by atoms with van der Waals surface area (Å²) in [5, 5.41) is 17.1. The molecule has 0 unspecified atom stereocenters. The van der Waals surface area contributed by atoms with Crippen molar-refractivity contribution in [3.63, 3.8) is 0 Å². The molecule has 128 valence electrons. The van der Waals surface area contributed by atoms with Crippen LogP contribution in [0.15, 0.2) is 36.4 Å². The van der Waals surface area contributed by atoms with Crippen LogP contribution >= 0.6 is 0 Å². The second-order valence-electron chi connectivity index (χ2n) is 6.44. The molecule has 4 rings (SSSR count). The molecule has 7 heteroatoms. The Bertz CT molecular complexity index is 803. The van der Waals surface area contributed by atoms with Crippen molar-refractivity contribution in [2.45, 2.75) is 19.5 Å². The molecule has 1 atom stereocenters. The number of hydrogen-bond acceptors (Lipinski definition) is 5. The summed E-state index contributed by atoms with van der Waals surface area (Å²) in [6, 6.07) is 12.1. The highest BCUT2D eigenvalue weighted by molar-refractivity contribution is 5.97. The van der Waals surface area contributed by atoms with Crippen molar-refractivity contribution < 1.29 is 4.79 Å². The Morgan fingerprint density at radius 1 is 1.32 bits per heavy atom. The molecule has 0 aliphatic carbocycles. The molecular formula is C18H20N6O. The fourth-order valence-corrected chi connectivity index (χ4v) is 3.48. The quantitative estimate of drug-likeness (QED) is 0.676. The summed E-state index contributed by atoms with van der Waals surface area (Å²) in [6.45, 7) is 3.76. The van der Waals surface area contributed by atoms with Crippen LogP contribution in [-0.2, 0) is 17.9 Å². The molecule has 1 aromatic carbocycles. The first kappa shape index (κ1) is 15.7. The number of carbonyl (C=O) groups excluding carboxylic acids is 1. The fraction of sp³-hybridized carbons (Fsp3) is 0.389. The van der Waals surface area contributed by atoms with E-state index in [1.807, 2.05) is 35.1 Å². The number of anilines is 2. The van der Waals surface area contributed by atoms with Gasteiger partial charge in [-0.15, -0.1) is 0 Å². The van der Waals surface area contributed by atoms with Gasteiger partial charge in [-0.2, -0.15) is 15.3 Å². The Kier molecular flexibility index (Phi) is 4.12. The second-order valence-corrected chi connectivity index (χ2v) is 6.44. The van der Waals surface area contributed by atoms with Crippen LogP contribution < -0.4 is 15.1 Å². The van der Waals surface area contributed by atoms with Gasteiger partial charge in [0.05, 0.1) is 24.7 Å². The van der Waals surface area contributed by atoms with Crippen molar-refractivity contribution in [3.8, 4) is 6.19 Å². The summed E-state index contributed by atoms with van der Waals surface area (Å²) in [5.41, 5.74) is 2.18. The Morgan fingerprint density at radius 3 is 2.88 bits per heavy atom. The number of carbonyl (C=O) groups is 1. The lowest BCUT2D eigenvalue weighted by Gasteiger charge is -2.29. The van der Waals surface area contributed by atoms with Gasteiger partial charge in [0.15, 0.2) is 12.0 Å². The molecule has 7 nitrogen and oxygen atoms in total. The summed E-state index contributed by atoms with van der Waals surface area (Å²) < 4.78 is 1.90. The zero-order valence-electron chi connectivity index (χ0n) is 13.9. The van der Waals surface area contributed by atoms with E-state index in [0.29, 0.717) is 12.4 Å². The molecule has 0 spiro atoms. The summed E-state index contributed by atoms with van der Waals surface area (Å²) in [5.74, 6) is 0.131. The van der Waals surface area contributed by atoms with Crippen LogP contribution in [-0.4, -0.2) is 35.3 Å². The van der Waals surface area contributed by atoms with Gasteiger partial charge in [-0.3, -0.25) is 9.48 Å². The van der Waals surface area contributed by atoms with Crippen LogP contribution in [0.5, 0.6) is 0 Å². The molecule has 2 aromatic rings. The SMILES string of the molecule is N#CN(C(=O)[C@H]1CCNC1)c1cc2n(n1)CCN(c1ccccc1)C2. The maximum Gasteiger partial charge on any atom is 0.246 e. The molecule has 25 heavy (non-hydrogen) atoms. The van der Waals surface area contributed by atoms with Gasteiger partial charge in [-0.05, 0) is 25.1 Å². The van der Waals surface area contributed by atoms with E-state index in [0.717, 1.165) is 43.2 Å². The number of para-hydroxylation sites is 1. The van der Waals surface area contributed by atoms with Crippen LogP contribution in [0.3, 0.4) is 0 Å². The maximum atomic E-state index is 12.6. The van der Waals surface area contributed by atoms with Crippen LogP contribution in [0.4, 0.5) is 11.5 Å². The molecule has 0 bridgehead atoms. The van der Waals surface area contributed by atoms with Crippen LogP contribution in [0.1, 0.15) is 12.1 Å². The van der Waals surface area contributed by atoms with E-state index < -0.39 is 0 Å². The predicted octanol–water partition coefficient (Wildman–Crippen LogP) is 1.33. The van der Waals surface area contributed by atoms with Crippen molar-refractivity contribution >= 4 is 17.4 Å². The number of amides is 1. The highest BCUT2D eigenvalue weighted by atomic mass is 16.2. The van der Waals surface area contributed by atoms with Gasteiger partial charge >= 0.3 is 0 Å². The van der Waals surface area contributed by atoms with Gasteiger partial charge in [0.1, 0.15) is 0 Å². The van der Waals surface area contributed by atoms with Gasteiger partial charge in [0, 0.05) is 24.8 Å². The third-order valence-electron chi connectivity index (χ3n) is 4.87. The molecular weight excluding hydrogens is 316 g/mol.